The van der Waals surface area contributed by atoms with Crippen LogP contribution in [0.4, 0.5) is 30.2 Å². The third kappa shape index (κ3) is 1.89. The highest BCUT2D eigenvalue weighted by Gasteiger charge is 2.59. The van der Waals surface area contributed by atoms with Gasteiger partial charge in [0.15, 0.2) is 5.75 Å². The maximum atomic E-state index is 12.7. The van der Waals surface area contributed by atoms with Crippen LogP contribution in [0.2, 0.25) is 0 Å². The fourth-order valence-corrected chi connectivity index (χ4v) is 3.21. The second kappa shape index (κ2) is 4.29. The lowest BCUT2D eigenvalue weighted by molar-refractivity contribution is -0.0433. The van der Waals surface area contributed by atoms with Crippen LogP contribution in [-0.4, -0.2) is 19.0 Å². The van der Waals surface area contributed by atoms with Gasteiger partial charge < -0.3 is 10.8 Å². The van der Waals surface area contributed by atoms with Gasteiger partial charge in [-0.1, -0.05) is 30.3 Å². The third-order valence-electron chi connectivity index (χ3n) is 3.25. The molecule has 5 nitrogen and oxygen atoms in total. The van der Waals surface area contributed by atoms with Crippen molar-refractivity contribution in [1.29, 1.82) is 0 Å². The van der Waals surface area contributed by atoms with E-state index in [0.717, 1.165) is 0 Å². The molecule has 1 aliphatic rings. The average Bonchev–Trinajstić information content (AvgIpc) is 3.19. The van der Waals surface area contributed by atoms with Gasteiger partial charge in [-0.15, -0.1) is 0 Å². The second-order valence-electron chi connectivity index (χ2n) is 4.64. The zero-order valence-electron chi connectivity index (χ0n) is 10.8. The van der Waals surface area contributed by atoms with Crippen molar-refractivity contribution in [3.8, 4) is 16.9 Å². The van der Waals surface area contributed by atoms with Crippen molar-refractivity contribution in [2.45, 2.75) is 5.51 Å². The molecule has 0 saturated heterocycles. The smallest absolute Gasteiger partial charge is 0.504 e. The molecule has 2 aromatic rings. The normalized spacial score (nSPS) is 13.9. The van der Waals surface area contributed by atoms with Crippen LogP contribution in [0, 0.1) is 0 Å². The Morgan fingerprint density at radius 3 is 2.23 bits per heavy atom. The van der Waals surface area contributed by atoms with E-state index in [1.807, 2.05) is 0 Å². The average molecular weight is 330 g/mol. The van der Waals surface area contributed by atoms with Crippen LogP contribution < -0.4 is 10.0 Å². The molecular formula is C13H9F3N2O3S. The lowest BCUT2D eigenvalue weighted by atomic mass is 10.0. The zero-order chi connectivity index (χ0) is 16.3. The van der Waals surface area contributed by atoms with E-state index < -0.39 is 27.0 Å². The van der Waals surface area contributed by atoms with E-state index >= 15 is 0 Å². The van der Waals surface area contributed by atoms with Gasteiger partial charge in [0.25, 0.3) is 0 Å². The highest BCUT2D eigenvalue weighted by Crippen LogP contribution is 2.64. The first-order valence-corrected chi connectivity index (χ1v) is 7.42. The minimum Gasteiger partial charge on any atom is -0.504 e. The molecule has 0 aromatic heterocycles. The van der Waals surface area contributed by atoms with Gasteiger partial charge in [-0.05, 0) is 11.6 Å². The number of benzene rings is 2. The van der Waals surface area contributed by atoms with Crippen LogP contribution in [0.1, 0.15) is 0 Å². The Morgan fingerprint density at radius 1 is 1.09 bits per heavy atom. The van der Waals surface area contributed by atoms with Crippen LogP contribution in [0.15, 0.2) is 36.4 Å². The SMILES string of the molecule is Nc1cc(-c2ccccc2)c2c(c1O)N2S(=O)(=O)C(F)(F)F. The molecule has 0 fully saturated rings. The summed E-state index contributed by atoms with van der Waals surface area (Å²) < 4.78 is 61.3. The van der Waals surface area contributed by atoms with E-state index in [-0.39, 0.29) is 21.2 Å². The number of sulfonamides is 1. The first kappa shape index (κ1) is 14.5. The largest absolute Gasteiger partial charge is 0.517 e. The van der Waals surface area contributed by atoms with Crippen molar-refractivity contribution < 1.29 is 26.7 Å². The number of phenolic OH excluding ortho intramolecular Hbond substituents is 1. The number of nitrogen functional groups attached to an aromatic ring is 1. The van der Waals surface area contributed by atoms with Gasteiger partial charge in [0, 0.05) is 5.56 Å². The van der Waals surface area contributed by atoms with Crippen molar-refractivity contribution in [2.24, 2.45) is 0 Å². The van der Waals surface area contributed by atoms with Crippen molar-refractivity contribution in [2.75, 3.05) is 10.0 Å². The molecule has 2 aromatic carbocycles. The van der Waals surface area contributed by atoms with Crippen molar-refractivity contribution in [3.05, 3.63) is 36.4 Å². The Labute approximate surface area is 123 Å². The first-order chi connectivity index (χ1) is 10.2. The minimum atomic E-state index is -5.61. The molecule has 116 valence electrons. The molecule has 3 rings (SSSR count). The summed E-state index contributed by atoms with van der Waals surface area (Å²) in [7, 11) is -5.61. The maximum absolute atomic E-state index is 12.7. The molecule has 22 heavy (non-hydrogen) atoms. The Hall–Kier alpha value is -2.42. The number of alkyl halides is 3. The summed E-state index contributed by atoms with van der Waals surface area (Å²) in [5, 5.41) is 9.73. The lowest BCUT2D eigenvalue weighted by Gasteiger charge is -2.09. The van der Waals surface area contributed by atoms with Crippen molar-refractivity contribution in [1.82, 2.24) is 0 Å². The highest BCUT2D eigenvalue weighted by molar-refractivity contribution is 7.94. The van der Waals surface area contributed by atoms with Gasteiger partial charge in [-0.25, -0.2) is 4.31 Å². The Bertz CT molecular complexity index is 864. The molecule has 0 saturated carbocycles. The summed E-state index contributed by atoms with van der Waals surface area (Å²) in [6.45, 7) is 0. The fourth-order valence-electron chi connectivity index (χ4n) is 2.21. The summed E-state index contributed by atoms with van der Waals surface area (Å²) in [6.07, 6.45) is 0. The molecule has 3 N–H and O–H groups in total. The van der Waals surface area contributed by atoms with E-state index in [9.17, 15) is 26.7 Å². The number of hydrogen-bond donors (Lipinski definition) is 2. The number of halogens is 3. The number of hydrogen-bond acceptors (Lipinski definition) is 4. The van der Waals surface area contributed by atoms with Gasteiger partial charge in [-0.3, -0.25) is 0 Å². The van der Waals surface area contributed by atoms with E-state index in [1.54, 1.807) is 30.3 Å². The molecule has 0 atom stereocenters. The van der Waals surface area contributed by atoms with Crippen molar-refractivity contribution in [3.63, 3.8) is 0 Å². The number of nitrogens with two attached hydrogens (primary N) is 1. The minimum absolute atomic E-state index is 0.0705. The topological polar surface area (TPSA) is 83.4 Å². The first-order valence-electron chi connectivity index (χ1n) is 5.98. The lowest BCUT2D eigenvalue weighted by Crippen LogP contribution is -2.31. The van der Waals surface area contributed by atoms with Gasteiger partial charge >= 0.3 is 15.5 Å². The van der Waals surface area contributed by atoms with Crippen LogP contribution in [0.5, 0.6) is 5.75 Å². The fraction of sp³-hybridized carbons (Fsp3) is 0.0769. The van der Waals surface area contributed by atoms with Crippen LogP contribution in [-0.2, 0) is 10.0 Å². The second-order valence-corrected chi connectivity index (χ2v) is 6.42. The standard InChI is InChI=1S/C13H9F3N2O3S/c14-13(15,16)22(20,21)18-10-8(7-4-2-1-3-5-7)6-9(17)12(19)11(10)18/h1-6,19H,17H2. The van der Waals surface area contributed by atoms with Crippen LogP contribution >= 0.6 is 0 Å². The number of aromatic hydroxyl groups is 1. The molecule has 0 bridgehead atoms. The molecular weight excluding hydrogens is 321 g/mol. The number of anilines is 3. The molecule has 1 aliphatic heterocycles. The molecule has 0 unspecified atom stereocenters. The summed E-state index contributed by atoms with van der Waals surface area (Å²) in [5.74, 6) is -0.678. The van der Waals surface area contributed by atoms with Crippen molar-refractivity contribution >= 4 is 27.1 Å². The summed E-state index contributed by atoms with van der Waals surface area (Å²) in [4.78, 5) is 0. The van der Waals surface area contributed by atoms with Gasteiger partial charge in [-0.2, -0.15) is 21.6 Å². The Balaban J connectivity index is 2.21. The molecule has 1 heterocycles. The molecule has 0 aliphatic carbocycles. The number of rotatable bonds is 2. The number of phenols is 1. The summed E-state index contributed by atoms with van der Waals surface area (Å²) in [5.41, 5.74) is -0.0625. The van der Waals surface area contributed by atoms with E-state index in [4.69, 9.17) is 5.73 Å². The van der Waals surface area contributed by atoms with Crippen LogP contribution in [0.25, 0.3) is 11.1 Å². The molecule has 0 radical (unpaired) electrons. The van der Waals surface area contributed by atoms with Gasteiger partial charge in [0.1, 0.15) is 5.69 Å². The monoisotopic (exact) mass is 330 g/mol. The Kier molecular flexibility index (Phi) is 2.83. The van der Waals surface area contributed by atoms with E-state index in [2.05, 4.69) is 0 Å². The predicted octanol–water partition coefficient (Wildman–Crippen LogP) is 2.94. The predicted molar refractivity (Wildman–Crippen MR) is 75.1 cm³/mol. The molecule has 9 heteroatoms. The Morgan fingerprint density at radius 2 is 1.68 bits per heavy atom. The quantitative estimate of drug-likeness (QED) is 0.504. The summed E-state index contributed by atoms with van der Waals surface area (Å²) in [6, 6.07) is 9.45. The van der Waals surface area contributed by atoms with Gasteiger partial charge in [0.2, 0.25) is 0 Å². The number of fused-ring (bicyclic) bond motifs is 1. The summed E-state index contributed by atoms with van der Waals surface area (Å²) >= 11 is 0. The zero-order valence-corrected chi connectivity index (χ0v) is 11.6. The third-order valence-corrected chi connectivity index (χ3v) is 4.68. The number of nitrogens with zero attached hydrogens (tertiary/aromatic N) is 1. The van der Waals surface area contributed by atoms with E-state index in [0.29, 0.717) is 5.56 Å². The molecule has 0 spiro atoms. The van der Waals surface area contributed by atoms with Gasteiger partial charge in [0.05, 0.1) is 11.4 Å². The highest BCUT2D eigenvalue weighted by atomic mass is 32.2. The van der Waals surface area contributed by atoms with E-state index in [1.165, 1.54) is 6.07 Å². The molecule has 0 amide bonds. The van der Waals surface area contributed by atoms with Crippen LogP contribution in [0.3, 0.4) is 0 Å². The maximum Gasteiger partial charge on any atom is 0.517 e.